The summed E-state index contributed by atoms with van der Waals surface area (Å²) in [4.78, 5) is 0. The largest absolute Gasteiger partial charge is 0.398 e. The fourth-order valence-corrected chi connectivity index (χ4v) is 3.68. The smallest absolute Gasteiger partial charge is 0.261 e. The van der Waals surface area contributed by atoms with Gasteiger partial charge < -0.3 is 5.73 Å². The summed E-state index contributed by atoms with van der Waals surface area (Å²) in [5.41, 5.74) is 11.8. The molecule has 2 aromatic carbocycles. The molecule has 0 spiro atoms. The van der Waals surface area contributed by atoms with E-state index < -0.39 is 0 Å². The molecule has 1 heterocycles. The van der Waals surface area contributed by atoms with Crippen LogP contribution in [0.15, 0.2) is 43.0 Å². The Morgan fingerprint density at radius 2 is 1.95 bits per heavy atom. The van der Waals surface area contributed by atoms with Crippen molar-refractivity contribution < 1.29 is 4.57 Å². The van der Waals surface area contributed by atoms with Crippen LogP contribution in [0.1, 0.15) is 10.6 Å². The van der Waals surface area contributed by atoms with E-state index in [4.69, 9.17) is 5.73 Å². The van der Waals surface area contributed by atoms with Gasteiger partial charge in [0.2, 0.25) is 5.52 Å². The summed E-state index contributed by atoms with van der Waals surface area (Å²) < 4.78 is 3.42. The summed E-state index contributed by atoms with van der Waals surface area (Å²) in [7, 11) is 2.07. The number of hydrogen-bond acceptors (Lipinski definition) is 2. The maximum absolute atomic E-state index is 6.37. The number of aromatic nitrogens is 1. The van der Waals surface area contributed by atoms with Crippen molar-refractivity contribution in [1.29, 1.82) is 0 Å². The Balaban J connectivity index is 2.48. The maximum atomic E-state index is 6.37. The van der Waals surface area contributed by atoms with Crippen LogP contribution in [0.3, 0.4) is 0 Å². The van der Waals surface area contributed by atoms with E-state index in [1.54, 1.807) is 11.3 Å². The molecule has 0 aliphatic carbocycles. The van der Waals surface area contributed by atoms with Gasteiger partial charge in [0, 0.05) is 11.8 Å². The van der Waals surface area contributed by atoms with E-state index in [2.05, 4.69) is 43.3 Å². The van der Waals surface area contributed by atoms with Crippen LogP contribution in [-0.4, -0.2) is 0 Å². The Labute approximate surface area is 122 Å². The monoisotopic (exact) mass is 281 g/mol. The van der Waals surface area contributed by atoms with E-state index >= 15 is 0 Å². The lowest BCUT2D eigenvalue weighted by molar-refractivity contribution is -0.641. The topological polar surface area (TPSA) is 29.9 Å². The quantitative estimate of drug-likeness (QED) is 0.560. The van der Waals surface area contributed by atoms with E-state index in [1.165, 1.54) is 10.2 Å². The molecular weight excluding hydrogens is 264 g/mol. The minimum absolute atomic E-state index is 0.854. The molecule has 0 fully saturated rings. The van der Waals surface area contributed by atoms with Crippen molar-refractivity contribution in [3.05, 3.63) is 53.5 Å². The molecule has 0 radical (unpaired) electrons. The average molecular weight is 281 g/mol. The highest BCUT2D eigenvalue weighted by Gasteiger charge is 2.22. The van der Waals surface area contributed by atoms with Gasteiger partial charge in [-0.25, -0.2) is 0 Å². The molecule has 0 saturated heterocycles. The zero-order valence-electron chi connectivity index (χ0n) is 11.7. The van der Waals surface area contributed by atoms with E-state index in [-0.39, 0.29) is 0 Å². The number of thiazole rings is 1. The fraction of sp³-hybridized carbons (Fsp3) is 0.118. The molecule has 1 aromatic heterocycles. The molecule has 3 rings (SSSR count). The summed E-state index contributed by atoms with van der Waals surface area (Å²) in [5, 5.41) is 1.14. The van der Waals surface area contributed by atoms with Gasteiger partial charge in [-0.2, -0.15) is 4.57 Å². The SMILES string of the molecule is C=Cc1sc2cc(C)c(N)c(-c3ccccc3)c2[n+]1C. The molecule has 100 valence electrons. The van der Waals surface area contributed by atoms with Crippen LogP contribution in [0, 0.1) is 6.92 Å². The minimum atomic E-state index is 0.854. The zero-order chi connectivity index (χ0) is 14.3. The van der Waals surface area contributed by atoms with Crippen molar-refractivity contribution in [2.45, 2.75) is 6.92 Å². The van der Waals surface area contributed by atoms with Crippen molar-refractivity contribution in [1.82, 2.24) is 0 Å². The molecule has 3 aromatic rings. The van der Waals surface area contributed by atoms with Gasteiger partial charge in [0.25, 0.3) is 5.01 Å². The molecular formula is C17H17N2S+. The maximum Gasteiger partial charge on any atom is 0.261 e. The van der Waals surface area contributed by atoms with E-state index in [9.17, 15) is 0 Å². The second-order valence-electron chi connectivity index (χ2n) is 4.90. The van der Waals surface area contributed by atoms with Crippen LogP contribution in [0.4, 0.5) is 5.69 Å². The van der Waals surface area contributed by atoms with Gasteiger partial charge in [0.15, 0.2) is 0 Å². The highest BCUT2D eigenvalue weighted by atomic mass is 32.1. The predicted octanol–water partition coefficient (Wildman–Crippen LogP) is 3.93. The van der Waals surface area contributed by atoms with Gasteiger partial charge in [-0.1, -0.05) is 48.2 Å². The third-order valence-corrected chi connectivity index (χ3v) is 4.81. The van der Waals surface area contributed by atoms with Gasteiger partial charge in [0.05, 0.1) is 5.56 Å². The van der Waals surface area contributed by atoms with Crippen molar-refractivity contribution >= 4 is 33.3 Å². The summed E-state index contributed by atoms with van der Waals surface area (Å²) in [6.45, 7) is 5.96. The van der Waals surface area contributed by atoms with Crippen LogP contribution in [0.25, 0.3) is 27.4 Å². The average Bonchev–Trinajstić information content (AvgIpc) is 2.77. The van der Waals surface area contributed by atoms with Gasteiger partial charge in [0.1, 0.15) is 11.7 Å². The first kappa shape index (κ1) is 12.9. The molecule has 2 nitrogen and oxygen atoms in total. The van der Waals surface area contributed by atoms with Crippen molar-refractivity contribution in [2.24, 2.45) is 7.05 Å². The number of nitrogens with two attached hydrogens (primary N) is 1. The lowest BCUT2D eigenvalue weighted by atomic mass is 9.99. The van der Waals surface area contributed by atoms with Crippen LogP contribution in [-0.2, 0) is 7.05 Å². The number of hydrogen-bond donors (Lipinski definition) is 1. The number of nitrogen functional groups attached to an aromatic ring is 1. The Kier molecular flexibility index (Phi) is 3.07. The molecule has 3 heteroatoms. The van der Waals surface area contributed by atoms with Crippen molar-refractivity contribution in [2.75, 3.05) is 5.73 Å². The molecule has 0 amide bonds. The standard InChI is InChI=1S/C17H17N2S/c1-4-14-19(3)17-13(20-14)10-11(2)16(18)15(17)12-8-6-5-7-9-12/h4-10H,1,18H2,2-3H3/q+1. The third kappa shape index (κ3) is 1.82. The molecule has 0 aliphatic rings. The molecule has 0 aliphatic heterocycles. The van der Waals surface area contributed by atoms with Gasteiger partial charge in [-0.05, 0) is 24.1 Å². The lowest BCUT2D eigenvalue weighted by Gasteiger charge is -2.08. The molecule has 2 N–H and O–H groups in total. The number of anilines is 1. The van der Waals surface area contributed by atoms with Crippen LogP contribution in [0.5, 0.6) is 0 Å². The Morgan fingerprint density at radius 3 is 2.60 bits per heavy atom. The summed E-state index contributed by atoms with van der Waals surface area (Å²) in [6, 6.07) is 12.5. The van der Waals surface area contributed by atoms with E-state index in [0.29, 0.717) is 0 Å². The second-order valence-corrected chi connectivity index (χ2v) is 5.96. The normalized spacial score (nSPS) is 10.9. The molecule has 0 unspecified atom stereocenters. The van der Waals surface area contributed by atoms with Gasteiger partial charge in [-0.15, -0.1) is 0 Å². The van der Waals surface area contributed by atoms with Crippen LogP contribution in [0.2, 0.25) is 0 Å². The van der Waals surface area contributed by atoms with Crippen LogP contribution < -0.4 is 10.3 Å². The van der Waals surface area contributed by atoms with E-state index in [0.717, 1.165) is 27.4 Å². The first-order valence-corrected chi connectivity index (χ1v) is 7.34. The summed E-state index contributed by atoms with van der Waals surface area (Å²) in [5.74, 6) is 0. The van der Waals surface area contributed by atoms with Crippen molar-refractivity contribution in [3.8, 4) is 11.1 Å². The van der Waals surface area contributed by atoms with Crippen LogP contribution >= 0.6 is 11.3 Å². The zero-order valence-corrected chi connectivity index (χ0v) is 12.5. The van der Waals surface area contributed by atoms with Gasteiger partial charge in [-0.3, -0.25) is 0 Å². The number of rotatable bonds is 2. The molecule has 0 bridgehead atoms. The third-order valence-electron chi connectivity index (χ3n) is 3.63. The minimum Gasteiger partial charge on any atom is -0.398 e. The first-order valence-electron chi connectivity index (χ1n) is 6.53. The Hall–Kier alpha value is -2.13. The van der Waals surface area contributed by atoms with E-state index in [1.807, 2.05) is 24.3 Å². The fourth-order valence-electron chi connectivity index (χ4n) is 2.57. The molecule has 0 atom stereocenters. The Bertz CT molecular complexity index is 801. The number of nitrogens with zero attached hydrogens (tertiary/aromatic N) is 1. The number of fused-ring (bicyclic) bond motifs is 1. The van der Waals surface area contributed by atoms with Crippen molar-refractivity contribution in [3.63, 3.8) is 0 Å². The predicted molar refractivity (Wildman–Crippen MR) is 87.7 cm³/mol. The van der Waals surface area contributed by atoms with Gasteiger partial charge >= 0.3 is 0 Å². The molecule has 20 heavy (non-hydrogen) atoms. The lowest BCUT2D eigenvalue weighted by Crippen LogP contribution is -2.29. The highest BCUT2D eigenvalue weighted by molar-refractivity contribution is 7.19. The molecule has 0 saturated carbocycles. The Morgan fingerprint density at radius 1 is 1.25 bits per heavy atom. The number of benzene rings is 2. The highest BCUT2D eigenvalue weighted by Crippen LogP contribution is 2.37. The second kappa shape index (κ2) is 4.76. The number of aryl methyl sites for hydroxylation is 2. The first-order chi connectivity index (χ1) is 9.63. The summed E-state index contributed by atoms with van der Waals surface area (Å²) >= 11 is 1.74. The summed E-state index contributed by atoms with van der Waals surface area (Å²) in [6.07, 6.45) is 1.89.